The van der Waals surface area contributed by atoms with Crippen LogP contribution in [0.5, 0.6) is 0 Å². The zero-order valence-electron chi connectivity index (χ0n) is 16.5. The number of likely N-dealkylation sites (N-methyl/N-ethyl adjacent to an activating group) is 1. The molecule has 1 N–H and O–H groups in total. The minimum Gasteiger partial charge on any atom is -0.343 e. The number of hydrogen-bond donors (Lipinski definition) is 1. The Morgan fingerprint density at radius 2 is 1.89 bits per heavy atom. The molecular formula is C23H29N3O. The van der Waals surface area contributed by atoms with Crippen molar-refractivity contribution in [3.05, 3.63) is 65.0 Å². The van der Waals surface area contributed by atoms with E-state index < -0.39 is 0 Å². The van der Waals surface area contributed by atoms with Gasteiger partial charge in [0.1, 0.15) is 0 Å². The number of piperidine rings is 2. The first-order valence-corrected chi connectivity index (χ1v) is 10.0. The first-order chi connectivity index (χ1) is 13.0. The van der Waals surface area contributed by atoms with Crippen molar-refractivity contribution >= 4 is 5.91 Å². The number of pyridine rings is 1. The maximum atomic E-state index is 13.3. The molecule has 3 fully saturated rings. The molecule has 1 aliphatic carbocycles. The van der Waals surface area contributed by atoms with Crippen molar-refractivity contribution in [2.24, 2.45) is 5.92 Å². The van der Waals surface area contributed by atoms with E-state index in [0.717, 1.165) is 36.6 Å². The summed E-state index contributed by atoms with van der Waals surface area (Å²) >= 11 is 0. The van der Waals surface area contributed by atoms with Gasteiger partial charge >= 0.3 is 0 Å². The monoisotopic (exact) mass is 363 g/mol. The van der Waals surface area contributed by atoms with Crippen LogP contribution >= 0.6 is 0 Å². The summed E-state index contributed by atoms with van der Waals surface area (Å²) in [6, 6.07) is 12.4. The molecule has 3 heterocycles. The van der Waals surface area contributed by atoms with Crippen LogP contribution in [0.15, 0.2) is 42.6 Å². The van der Waals surface area contributed by atoms with E-state index in [-0.39, 0.29) is 17.5 Å². The molecule has 4 nitrogen and oxygen atoms in total. The van der Waals surface area contributed by atoms with Crippen LogP contribution in [0.2, 0.25) is 0 Å². The second kappa shape index (κ2) is 7.08. The Morgan fingerprint density at radius 1 is 1.19 bits per heavy atom. The third-order valence-corrected chi connectivity index (χ3v) is 6.78. The highest BCUT2D eigenvalue weighted by Crippen LogP contribution is 2.49. The number of fused-ring (bicyclic) bond motifs is 3. The molecule has 1 unspecified atom stereocenters. The van der Waals surface area contributed by atoms with Crippen LogP contribution in [-0.2, 0) is 0 Å². The van der Waals surface area contributed by atoms with E-state index in [0.29, 0.717) is 5.56 Å². The number of rotatable bonds is 4. The first-order valence-electron chi connectivity index (χ1n) is 10.0. The Bertz CT molecular complexity index is 805. The average molecular weight is 364 g/mol. The molecule has 27 heavy (non-hydrogen) atoms. The molecule has 2 saturated heterocycles. The van der Waals surface area contributed by atoms with E-state index >= 15 is 0 Å². The van der Waals surface area contributed by atoms with Gasteiger partial charge in [0, 0.05) is 18.3 Å². The number of aromatic nitrogens is 1. The van der Waals surface area contributed by atoms with Gasteiger partial charge in [-0.1, -0.05) is 30.3 Å². The SMILES string of the molecule is Cc1ccnc(C)c1C(=O)NC(c1ccccc1)C12CCC(CC1)CN2C. The molecule has 1 aromatic carbocycles. The van der Waals surface area contributed by atoms with Crippen molar-refractivity contribution in [2.75, 3.05) is 13.6 Å². The molecule has 0 radical (unpaired) electrons. The van der Waals surface area contributed by atoms with Crippen LogP contribution in [0.4, 0.5) is 0 Å². The van der Waals surface area contributed by atoms with Crippen LogP contribution in [0.1, 0.15) is 58.9 Å². The first kappa shape index (κ1) is 18.2. The van der Waals surface area contributed by atoms with E-state index in [9.17, 15) is 4.79 Å². The normalized spacial score (nSPS) is 26.0. The number of benzene rings is 1. The molecule has 1 atom stereocenters. The number of carbonyl (C=O) groups excluding carboxylic acids is 1. The Kier molecular flexibility index (Phi) is 4.77. The van der Waals surface area contributed by atoms with E-state index in [1.54, 1.807) is 6.20 Å². The van der Waals surface area contributed by atoms with Gasteiger partial charge in [-0.25, -0.2) is 0 Å². The lowest BCUT2D eigenvalue weighted by molar-refractivity contribution is -0.0404. The summed E-state index contributed by atoms with van der Waals surface area (Å²) in [5.41, 5.74) is 3.66. The fourth-order valence-electron chi connectivity index (χ4n) is 5.23. The maximum absolute atomic E-state index is 13.3. The molecule has 4 heteroatoms. The molecule has 2 aromatic rings. The molecule has 1 amide bonds. The number of carbonyl (C=O) groups is 1. The molecule has 3 aliphatic rings. The highest BCUT2D eigenvalue weighted by Gasteiger charge is 2.50. The minimum absolute atomic E-state index is 0.00418. The summed E-state index contributed by atoms with van der Waals surface area (Å²) in [5.74, 6) is 0.800. The molecule has 1 aromatic heterocycles. The van der Waals surface area contributed by atoms with Gasteiger partial charge < -0.3 is 5.32 Å². The van der Waals surface area contributed by atoms with Crippen LogP contribution in [0.3, 0.4) is 0 Å². The molecule has 2 aliphatic heterocycles. The lowest BCUT2D eigenvalue weighted by Gasteiger charge is -2.57. The van der Waals surface area contributed by atoms with Crippen LogP contribution < -0.4 is 5.32 Å². The highest BCUT2D eigenvalue weighted by molar-refractivity contribution is 5.97. The second-order valence-corrected chi connectivity index (χ2v) is 8.33. The number of nitrogens with one attached hydrogen (secondary N) is 1. The summed E-state index contributed by atoms with van der Waals surface area (Å²) < 4.78 is 0. The van der Waals surface area contributed by atoms with Gasteiger partial charge in [-0.2, -0.15) is 0 Å². The van der Waals surface area contributed by atoms with E-state index in [2.05, 4.69) is 46.5 Å². The maximum Gasteiger partial charge on any atom is 0.253 e. The van der Waals surface area contributed by atoms with Gasteiger partial charge in [0.2, 0.25) is 0 Å². The third-order valence-electron chi connectivity index (χ3n) is 6.78. The Hall–Kier alpha value is -2.20. The van der Waals surface area contributed by atoms with Crippen LogP contribution in [0, 0.1) is 19.8 Å². The molecule has 142 valence electrons. The summed E-state index contributed by atoms with van der Waals surface area (Å²) in [6.45, 7) is 5.02. The van der Waals surface area contributed by atoms with E-state index in [1.807, 2.05) is 26.0 Å². The van der Waals surface area contributed by atoms with Crippen LogP contribution in [-0.4, -0.2) is 34.9 Å². The van der Waals surface area contributed by atoms with Gasteiger partial charge in [-0.3, -0.25) is 14.7 Å². The zero-order valence-corrected chi connectivity index (χ0v) is 16.5. The molecule has 1 saturated carbocycles. The van der Waals surface area contributed by atoms with Gasteiger partial charge in [-0.05, 0) is 69.7 Å². The van der Waals surface area contributed by atoms with Crippen molar-refractivity contribution in [1.29, 1.82) is 0 Å². The largest absolute Gasteiger partial charge is 0.343 e. The Morgan fingerprint density at radius 3 is 2.52 bits per heavy atom. The van der Waals surface area contributed by atoms with Crippen LogP contribution in [0.25, 0.3) is 0 Å². The van der Waals surface area contributed by atoms with Crippen molar-refractivity contribution in [1.82, 2.24) is 15.2 Å². The fourth-order valence-corrected chi connectivity index (χ4v) is 5.23. The van der Waals surface area contributed by atoms with Crippen molar-refractivity contribution in [2.45, 2.75) is 51.1 Å². The number of amides is 1. The predicted molar refractivity (Wildman–Crippen MR) is 108 cm³/mol. The van der Waals surface area contributed by atoms with Gasteiger partial charge in [0.25, 0.3) is 5.91 Å². The van der Waals surface area contributed by atoms with Gasteiger partial charge in [0.15, 0.2) is 0 Å². The topological polar surface area (TPSA) is 45.2 Å². The summed E-state index contributed by atoms with van der Waals surface area (Å²) in [4.78, 5) is 20.2. The quantitative estimate of drug-likeness (QED) is 0.891. The lowest BCUT2D eigenvalue weighted by Crippen LogP contribution is -2.62. The molecule has 5 rings (SSSR count). The van der Waals surface area contributed by atoms with Crippen molar-refractivity contribution in [3.8, 4) is 0 Å². The summed E-state index contributed by atoms with van der Waals surface area (Å²) in [5, 5.41) is 3.43. The summed E-state index contributed by atoms with van der Waals surface area (Å²) in [7, 11) is 2.23. The fraction of sp³-hybridized carbons (Fsp3) is 0.478. The van der Waals surface area contributed by atoms with E-state index in [4.69, 9.17) is 0 Å². The number of aryl methyl sites for hydroxylation is 2. The van der Waals surface area contributed by atoms with Crippen molar-refractivity contribution in [3.63, 3.8) is 0 Å². The Labute approximate surface area is 162 Å². The van der Waals surface area contributed by atoms with E-state index in [1.165, 1.54) is 18.4 Å². The zero-order chi connectivity index (χ0) is 19.0. The predicted octanol–water partition coefficient (Wildman–Crippen LogP) is 4.04. The molecular weight excluding hydrogens is 334 g/mol. The lowest BCUT2D eigenvalue weighted by atomic mass is 9.65. The number of hydrogen-bond acceptors (Lipinski definition) is 3. The molecule has 0 spiro atoms. The highest BCUT2D eigenvalue weighted by atomic mass is 16.1. The van der Waals surface area contributed by atoms with Crippen molar-refractivity contribution < 1.29 is 4.79 Å². The Balaban J connectivity index is 1.72. The average Bonchev–Trinajstić information content (AvgIpc) is 2.67. The minimum atomic E-state index is -0.0172. The second-order valence-electron chi connectivity index (χ2n) is 8.33. The van der Waals surface area contributed by atoms with Gasteiger partial charge in [-0.15, -0.1) is 0 Å². The smallest absolute Gasteiger partial charge is 0.253 e. The summed E-state index contributed by atoms with van der Waals surface area (Å²) in [6.07, 6.45) is 6.56. The van der Waals surface area contributed by atoms with Gasteiger partial charge in [0.05, 0.1) is 17.3 Å². The standard InChI is InChI=1S/C23H29N3O/c1-16-11-14-24-17(2)20(16)22(27)25-21(19-7-5-4-6-8-19)23-12-9-18(10-13-23)15-26(23)3/h4-8,11,14,18,21H,9-10,12-13,15H2,1-3H3,(H,25,27). The third kappa shape index (κ3) is 3.16. The number of nitrogens with zero attached hydrogens (tertiary/aromatic N) is 2. The molecule has 2 bridgehead atoms.